The fraction of sp³-hybridized carbons (Fsp3) is 0.381. The molecule has 0 spiro atoms. The number of benzene rings is 2. The Bertz CT molecular complexity index is 958. The van der Waals surface area contributed by atoms with E-state index in [2.05, 4.69) is 26.1 Å². The number of sulfonamides is 1. The summed E-state index contributed by atoms with van der Waals surface area (Å²) in [6.07, 6.45) is 2.85. The summed E-state index contributed by atoms with van der Waals surface area (Å²) in [7, 11) is -3.33. The van der Waals surface area contributed by atoms with Crippen molar-refractivity contribution in [3.05, 3.63) is 59.2 Å². The van der Waals surface area contributed by atoms with E-state index < -0.39 is 10.0 Å². The van der Waals surface area contributed by atoms with Crippen LogP contribution < -0.4 is 9.62 Å². The first-order chi connectivity index (χ1) is 12.6. The van der Waals surface area contributed by atoms with Crippen LogP contribution in [0.4, 0.5) is 11.4 Å². The maximum Gasteiger partial charge on any atom is 0.255 e. The number of aryl methyl sites for hydroxylation is 1. The average molecular weight is 387 g/mol. The third-order valence-electron chi connectivity index (χ3n) is 4.83. The van der Waals surface area contributed by atoms with E-state index in [-0.39, 0.29) is 11.3 Å². The summed E-state index contributed by atoms with van der Waals surface area (Å²) in [4.78, 5) is 12.6. The molecular formula is C21H26N2O3S. The third kappa shape index (κ3) is 4.33. The zero-order valence-corrected chi connectivity index (χ0v) is 17.1. The van der Waals surface area contributed by atoms with Gasteiger partial charge in [0.15, 0.2) is 0 Å². The highest BCUT2D eigenvalue weighted by atomic mass is 32.2. The zero-order valence-electron chi connectivity index (χ0n) is 16.2. The number of nitrogens with zero attached hydrogens (tertiary/aromatic N) is 1. The standard InChI is InChI=1S/C21H26N2O3S/c1-21(2,3)17-10-7-16(8-11-17)20(24)22-18-12-9-15-6-5-13-23(19(15)14-18)27(4,25)26/h7-12,14H,5-6,13H2,1-4H3,(H,22,24). The quantitative estimate of drug-likeness (QED) is 0.869. The van der Waals surface area contributed by atoms with Gasteiger partial charge >= 0.3 is 0 Å². The van der Waals surface area contributed by atoms with Crippen molar-refractivity contribution in [2.45, 2.75) is 39.0 Å². The zero-order chi connectivity index (χ0) is 19.8. The summed E-state index contributed by atoms with van der Waals surface area (Å²) in [5.74, 6) is -0.211. The molecule has 1 aliphatic heterocycles. The number of amides is 1. The number of nitrogens with one attached hydrogen (secondary N) is 1. The fourth-order valence-corrected chi connectivity index (χ4v) is 4.28. The van der Waals surface area contributed by atoms with Crippen LogP contribution in [0.1, 0.15) is 48.7 Å². The monoisotopic (exact) mass is 386 g/mol. The smallest absolute Gasteiger partial charge is 0.255 e. The molecule has 1 aliphatic rings. The van der Waals surface area contributed by atoms with Crippen molar-refractivity contribution >= 4 is 27.3 Å². The first-order valence-corrected chi connectivity index (χ1v) is 10.9. The SMILES string of the molecule is CC(C)(C)c1ccc(C(=O)Nc2ccc3c(c2)N(S(C)(=O)=O)CCC3)cc1. The van der Waals surface area contributed by atoms with E-state index in [9.17, 15) is 13.2 Å². The second-order valence-corrected chi connectivity index (χ2v) is 9.97. The van der Waals surface area contributed by atoms with Gasteiger partial charge in [0.2, 0.25) is 10.0 Å². The average Bonchev–Trinajstić information content (AvgIpc) is 2.59. The fourth-order valence-electron chi connectivity index (χ4n) is 3.29. The van der Waals surface area contributed by atoms with Crippen LogP contribution in [0.2, 0.25) is 0 Å². The largest absolute Gasteiger partial charge is 0.322 e. The Labute approximate surface area is 161 Å². The van der Waals surface area contributed by atoms with Gasteiger partial charge in [0, 0.05) is 17.8 Å². The molecule has 5 nitrogen and oxygen atoms in total. The summed E-state index contributed by atoms with van der Waals surface area (Å²) in [6.45, 7) is 6.85. The van der Waals surface area contributed by atoms with Gasteiger partial charge in [-0.1, -0.05) is 39.0 Å². The number of anilines is 2. The van der Waals surface area contributed by atoms with Gasteiger partial charge in [0.25, 0.3) is 5.91 Å². The van der Waals surface area contributed by atoms with Crippen LogP contribution in [0.3, 0.4) is 0 Å². The predicted molar refractivity (Wildman–Crippen MR) is 110 cm³/mol. The number of hydrogen-bond donors (Lipinski definition) is 1. The first kappa shape index (κ1) is 19.4. The van der Waals surface area contributed by atoms with Crippen molar-refractivity contribution in [3.63, 3.8) is 0 Å². The maximum atomic E-state index is 12.6. The van der Waals surface area contributed by atoms with E-state index in [0.29, 0.717) is 23.5 Å². The lowest BCUT2D eigenvalue weighted by Gasteiger charge is -2.29. The van der Waals surface area contributed by atoms with E-state index in [0.717, 1.165) is 24.0 Å². The van der Waals surface area contributed by atoms with Gasteiger partial charge in [-0.25, -0.2) is 8.42 Å². The van der Waals surface area contributed by atoms with Gasteiger partial charge in [0.1, 0.15) is 0 Å². The normalized spacial score (nSPS) is 14.6. The Morgan fingerprint density at radius 2 is 1.74 bits per heavy atom. The number of carbonyl (C=O) groups is 1. The molecule has 2 aromatic rings. The van der Waals surface area contributed by atoms with E-state index in [1.165, 1.54) is 10.6 Å². The molecule has 0 saturated heterocycles. The molecule has 144 valence electrons. The van der Waals surface area contributed by atoms with Crippen LogP contribution in [0.25, 0.3) is 0 Å². The molecule has 27 heavy (non-hydrogen) atoms. The van der Waals surface area contributed by atoms with Crippen molar-refractivity contribution in [2.75, 3.05) is 22.4 Å². The highest BCUT2D eigenvalue weighted by molar-refractivity contribution is 7.92. The van der Waals surface area contributed by atoms with E-state index >= 15 is 0 Å². The van der Waals surface area contributed by atoms with Crippen LogP contribution in [-0.2, 0) is 21.9 Å². The van der Waals surface area contributed by atoms with Gasteiger partial charge in [-0.05, 0) is 53.6 Å². The Morgan fingerprint density at radius 1 is 1.07 bits per heavy atom. The van der Waals surface area contributed by atoms with Crippen molar-refractivity contribution in [3.8, 4) is 0 Å². The maximum absolute atomic E-state index is 12.6. The Kier molecular flexibility index (Phi) is 5.04. The molecule has 1 heterocycles. The van der Waals surface area contributed by atoms with Gasteiger partial charge in [-0.2, -0.15) is 0 Å². The summed E-state index contributed by atoms with van der Waals surface area (Å²) in [6, 6.07) is 13.0. The highest BCUT2D eigenvalue weighted by Gasteiger charge is 2.24. The summed E-state index contributed by atoms with van der Waals surface area (Å²) in [5.41, 5.74) is 4.00. The van der Waals surface area contributed by atoms with Crippen LogP contribution in [0, 0.1) is 0 Å². The molecule has 0 radical (unpaired) electrons. The second-order valence-electron chi connectivity index (χ2n) is 8.06. The number of carbonyl (C=O) groups excluding carboxylic acids is 1. The third-order valence-corrected chi connectivity index (χ3v) is 6.01. The molecule has 1 N–H and O–H groups in total. The summed E-state index contributed by atoms with van der Waals surface area (Å²) >= 11 is 0. The summed E-state index contributed by atoms with van der Waals surface area (Å²) in [5, 5.41) is 2.88. The number of rotatable bonds is 3. The minimum absolute atomic E-state index is 0.0304. The van der Waals surface area contributed by atoms with Crippen molar-refractivity contribution in [1.82, 2.24) is 0 Å². The van der Waals surface area contributed by atoms with Crippen LogP contribution >= 0.6 is 0 Å². The number of fused-ring (bicyclic) bond motifs is 1. The second kappa shape index (κ2) is 7.00. The lowest BCUT2D eigenvalue weighted by atomic mass is 9.87. The minimum atomic E-state index is -3.33. The highest BCUT2D eigenvalue weighted by Crippen LogP contribution is 2.32. The predicted octanol–water partition coefficient (Wildman–Crippen LogP) is 3.95. The van der Waals surface area contributed by atoms with E-state index in [1.807, 2.05) is 36.4 Å². The van der Waals surface area contributed by atoms with Gasteiger partial charge in [-0.3, -0.25) is 9.10 Å². The lowest BCUT2D eigenvalue weighted by molar-refractivity contribution is 0.102. The van der Waals surface area contributed by atoms with E-state index in [1.54, 1.807) is 6.07 Å². The molecular weight excluding hydrogens is 360 g/mol. The molecule has 0 atom stereocenters. The van der Waals surface area contributed by atoms with Crippen LogP contribution in [0.5, 0.6) is 0 Å². The molecule has 1 amide bonds. The topological polar surface area (TPSA) is 66.5 Å². The lowest BCUT2D eigenvalue weighted by Crippen LogP contribution is -2.34. The van der Waals surface area contributed by atoms with Crippen LogP contribution in [-0.4, -0.2) is 27.1 Å². The van der Waals surface area contributed by atoms with Crippen molar-refractivity contribution < 1.29 is 13.2 Å². The summed E-state index contributed by atoms with van der Waals surface area (Å²) < 4.78 is 25.5. The van der Waals surface area contributed by atoms with Crippen molar-refractivity contribution in [1.29, 1.82) is 0 Å². The molecule has 0 fully saturated rings. The van der Waals surface area contributed by atoms with Crippen molar-refractivity contribution in [2.24, 2.45) is 0 Å². The van der Waals surface area contributed by atoms with Gasteiger partial charge < -0.3 is 5.32 Å². The molecule has 0 bridgehead atoms. The molecule has 3 rings (SSSR count). The Balaban J connectivity index is 1.83. The first-order valence-electron chi connectivity index (χ1n) is 9.08. The Hall–Kier alpha value is -2.34. The molecule has 2 aromatic carbocycles. The van der Waals surface area contributed by atoms with Gasteiger partial charge in [0.05, 0.1) is 11.9 Å². The van der Waals surface area contributed by atoms with E-state index in [4.69, 9.17) is 0 Å². The molecule has 6 heteroatoms. The molecule has 0 unspecified atom stereocenters. The molecule has 0 aromatic heterocycles. The van der Waals surface area contributed by atoms with Gasteiger partial charge in [-0.15, -0.1) is 0 Å². The molecule has 0 saturated carbocycles. The minimum Gasteiger partial charge on any atom is -0.322 e. The number of hydrogen-bond acceptors (Lipinski definition) is 3. The molecule has 0 aliphatic carbocycles. The Morgan fingerprint density at radius 3 is 2.33 bits per heavy atom. The van der Waals surface area contributed by atoms with Crippen LogP contribution in [0.15, 0.2) is 42.5 Å².